The predicted octanol–water partition coefficient (Wildman–Crippen LogP) is 0.620. The molecule has 0 aromatic heterocycles. The third-order valence-electron chi connectivity index (χ3n) is 2.42. The summed E-state index contributed by atoms with van der Waals surface area (Å²) in [6.07, 6.45) is 2.66. The number of ether oxygens (including phenoxy) is 1. The highest BCUT2D eigenvalue weighted by atomic mass is 16.5. The maximum atomic E-state index is 11.0. The molecule has 1 atom stereocenters. The van der Waals surface area contributed by atoms with E-state index >= 15 is 0 Å². The summed E-state index contributed by atoms with van der Waals surface area (Å²) in [5.74, 6) is -0.791. The van der Waals surface area contributed by atoms with Crippen LogP contribution in [0.4, 0.5) is 0 Å². The van der Waals surface area contributed by atoms with Gasteiger partial charge in [0.15, 0.2) is 0 Å². The first-order valence-electron chi connectivity index (χ1n) is 4.77. The SMILES string of the molecule is CCCCN[C@@]1(C(=O)O)CCOC1. The molecule has 0 spiro atoms. The Morgan fingerprint density at radius 3 is 2.92 bits per heavy atom. The minimum absolute atomic E-state index is 0.298. The standard InChI is InChI=1S/C9H17NO3/c1-2-3-5-10-9(8(11)12)4-6-13-7-9/h10H,2-7H2,1H3,(H,11,12)/t9-/m0/s1. The van der Waals surface area contributed by atoms with Crippen LogP contribution in [-0.4, -0.2) is 36.4 Å². The topological polar surface area (TPSA) is 58.6 Å². The Balaban J connectivity index is 2.43. The Morgan fingerprint density at radius 1 is 1.69 bits per heavy atom. The van der Waals surface area contributed by atoms with Gasteiger partial charge in [-0.05, 0) is 13.0 Å². The van der Waals surface area contributed by atoms with Crippen molar-refractivity contribution in [1.29, 1.82) is 0 Å². The molecule has 13 heavy (non-hydrogen) atoms. The monoisotopic (exact) mass is 187 g/mol. The normalized spacial score (nSPS) is 27.8. The van der Waals surface area contributed by atoms with Crippen molar-refractivity contribution >= 4 is 5.97 Å². The van der Waals surface area contributed by atoms with E-state index in [0.717, 1.165) is 19.4 Å². The number of rotatable bonds is 5. The first-order chi connectivity index (χ1) is 6.21. The zero-order valence-electron chi connectivity index (χ0n) is 8.01. The van der Waals surface area contributed by atoms with Crippen molar-refractivity contribution in [2.45, 2.75) is 31.7 Å². The Hall–Kier alpha value is -0.610. The zero-order valence-corrected chi connectivity index (χ0v) is 8.01. The Bertz CT molecular complexity index is 176. The molecule has 0 radical (unpaired) electrons. The number of hydrogen-bond acceptors (Lipinski definition) is 3. The van der Waals surface area contributed by atoms with Gasteiger partial charge in [0.05, 0.1) is 6.61 Å². The summed E-state index contributed by atoms with van der Waals surface area (Å²) < 4.78 is 5.11. The fraction of sp³-hybridized carbons (Fsp3) is 0.889. The second kappa shape index (κ2) is 4.58. The molecule has 4 heteroatoms. The molecule has 0 aliphatic carbocycles. The molecule has 76 valence electrons. The first kappa shape index (κ1) is 10.5. The van der Waals surface area contributed by atoms with Crippen molar-refractivity contribution < 1.29 is 14.6 Å². The molecule has 1 rings (SSSR count). The molecular formula is C9H17NO3. The van der Waals surface area contributed by atoms with Gasteiger partial charge >= 0.3 is 5.97 Å². The van der Waals surface area contributed by atoms with E-state index in [0.29, 0.717) is 19.6 Å². The van der Waals surface area contributed by atoms with Crippen LogP contribution in [0, 0.1) is 0 Å². The van der Waals surface area contributed by atoms with Crippen molar-refractivity contribution in [3.63, 3.8) is 0 Å². The van der Waals surface area contributed by atoms with Crippen LogP contribution in [0.1, 0.15) is 26.2 Å². The number of carbonyl (C=O) groups is 1. The van der Waals surface area contributed by atoms with E-state index in [2.05, 4.69) is 12.2 Å². The molecule has 0 unspecified atom stereocenters. The number of carboxylic acid groups (broad SMARTS) is 1. The second-order valence-electron chi connectivity index (χ2n) is 3.47. The van der Waals surface area contributed by atoms with Crippen molar-refractivity contribution in [2.24, 2.45) is 0 Å². The van der Waals surface area contributed by atoms with Crippen LogP contribution >= 0.6 is 0 Å². The molecular weight excluding hydrogens is 170 g/mol. The van der Waals surface area contributed by atoms with E-state index in [1.165, 1.54) is 0 Å². The zero-order chi connectivity index (χ0) is 9.73. The maximum absolute atomic E-state index is 11.0. The lowest BCUT2D eigenvalue weighted by molar-refractivity contribution is -0.144. The largest absolute Gasteiger partial charge is 0.480 e. The summed E-state index contributed by atoms with van der Waals surface area (Å²) in [5, 5.41) is 12.1. The number of hydrogen-bond donors (Lipinski definition) is 2. The van der Waals surface area contributed by atoms with Gasteiger partial charge in [0.25, 0.3) is 0 Å². The van der Waals surface area contributed by atoms with Crippen molar-refractivity contribution in [3.05, 3.63) is 0 Å². The lowest BCUT2D eigenvalue weighted by Crippen LogP contribution is -2.53. The lowest BCUT2D eigenvalue weighted by Gasteiger charge is -2.23. The second-order valence-corrected chi connectivity index (χ2v) is 3.47. The Kier molecular flexibility index (Phi) is 3.69. The molecule has 1 saturated heterocycles. The molecule has 2 N–H and O–H groups in total. The van der Waals surface area contributed by atoms with Gasteiger partial charge in [0.1, 0.15) is 5.54 Å². The van der Waals surface area contributed by atoms with E-state index in [-0.39, 0.29) is 0 Å². The average molecular weight is 187 g/mol. The van der Waals surface area contributed by atoms with Gasteiger partial charge < -0.3 is 9.84 Å². The van der Waals surface area contributed by atoms with Crippen LogP contribution < -0.4 is 5.32 Å². The van der Waals surface area contributed by atoms with Crippen molar-refractivity contribution in [1.82, 2.24) is 5.32 Å². The van der Waals surface area contributed by atoms with E-state index in [1.807, 2.05) is 0 Å². The number of nitrogens with one attached hydrogen (secondary N) is 1. The Morgan fingerprint density at radius 2 is 2.46 bits per heavy atom. The summed E-state index contributed by atoms with van der Waals surface area (Å²) in [4.78, 5) is 11.0. The fourth-order valence-corrected chi connectivity index (χ4v) is 1.45. The van der Waals surface area contributed by atoms with Gasteiger partial charge in [-0.15, -0.1) is 0 Å². The summed E-state index contributed by atoms with van der Waals surface area (Å²) in [6.45, 7) is 3.68. The van der Waals surface area contributed by atoms with Crippen LogP contribution in [0.2, 0.25) is 0 Å². The number of aliphatic carboxylic acids is 1. The van der Waals surface area contributed by atoms with Crippen LogP contribution in [0.5, 0.6) is 0 Å². The van der Waals surface area contributed by atoms with Gasteiger partial charge in [-0.3, -0.25) is 10.1 Å². The van der Waals surface area contributed by atoms with Crippen LogP contribution in [-0.2, 0) is 9.53 Å². The third kappa shape index (κ3) is 2.42. The molecule has 1 aliphatic rings. The van der Waals surface area contributed by atoms with Gasteiger partial charge in [-0.2, -0.15) is 0 Å². The maximum Gasteiger partial charge on any atom is 0.326 e. The summed E-state index contributed by atoms with van der Waals surface area (Å²) in [7, 11) is 0. The molecule has 0 bridgehead atoms. The third-order valence-corrected chi connectivity index (χ3v) is 2.42. The molecule has 0 amide bonds. The van der Waals surface area contributed by atoms with Gasteiger partial charge in [-0.25, -0.2) is 0 Å². The quantitative estimate of drug-likeness (QED) is 0.619. The predicted molar refractivity (Wildman–Crippen MR) is 48.7 cm³/mol. The molecule has 1 aliphatic heterocycles. The number of carboxylic acids is 1. The summed E-state index contributed by atoms with van der Waals surface area (Å²) in [6, 6.07) is 0. The van der Waals surface area contributed by atoms with Gasteiger partial charge in [-0.1, -0.05) is 13.3 Å². The van der Waals surface area contributed by atoms with Gasteiger partial charge in [0.2, 0.25) is 0 Å². The van der Waals surface area contributed by atoms with E-state index in [9.17, 15) is 4.79 Å². The summed E-state index contributed by atoms with van der Waals surface area (Å²) in [5.41, 5.74) is -0.810. The molecule has 4 nitrogen and oxygen atoms in total. The van der Waals surface area contributed by atoms with Crippen molar-refractivity contribution in [2.75, 3.05) is 19.8 Å². The molecule has 1 heterocycles. The highest BCUT2D eigenvalue weighted by molar-refractivity contribution is 5.79. The minimum Gasteiger partial charge on any atom is -0.480 e. The summed E-state index contributed by atoms with van der Waals surface area (Å²) >= 11 is 0. The van der Waals surface area contributed by atoms with E-state index in [4.69, 9.17) is 9.84 Å². The van der Waals surface area contributed by atoms with E-state index < -0.39 is 11.5 Å². The van der Waals surface area contributed by atoms with Gasteiger partial charge in [0, 0.05) is 13.0 Å². The number of unbranched alkanes of at least 4 members (excludes halogenated alkanes) is 1. The van der Waals surface area contributed by atoms with Crippen LogP contribution in [0.25, 0.3) is 0 Å². The van der Waals surface area contributed by atoms with Crippen LogP contribution in [0.3, 0.4) is 0 Å². The highest BCUT2D eigenvalue weighted by Crippen LogP contribution is 2.18. The van der Waals surface area contributed by atoms with Crippen LogP contribution in [0.15, 0.2) is 0 Å². The van der Waals surface area contributed by atoms with E-state index in [1.54, 1.807) is 0 Å². The molecule has 0 aromatic rings. The van der Waals surface area contributed by atoms with Crippen molar-refractivity contribution in [3.8, 4) is 0 Å². The minimum atomic E-state index is -0.810. The molecule has 1 fully saturated rings. The smallest absolute Gasteiger partial charge is 0.326 e. The Labute approximate surface area is 78.3 Å². The average Bonchev–Trinajstić information content (AvgIpc) is 2.55. The molecule has 0 saturated carbocycles. The lowest BCUT2D eigenvalue weighted by atomic mass is 9.99. The molecule has 0 aromatic carbocycles. The fourth-order valence-electron chi connectivity index (χ4n) is 1.45. The highest BCUT2D eigenvalue weighted by Gasteiger charge is 2.41. The first-order valence-corrected chi connectivity index (χ1v) is 4.77.